The van der Waals surface area contributed by atoms with Crippen molar-refractivity contribution in [3.8, 4) is 0 Å². The maximum absolute atomic E-state index is 12.7. The van der Waals surface area contributed by atoms with Crippen LogP contribution in [0.15, 0.2) is 43.0 Å². The van der Waals surface area contributed by atoms with Gasteiger partial charge < -0.3 is 19.6 Å². The van der Waals surface area contributed by atoms with Gasteiger partial charge in [-0.1, -0.05) is 39.0 Å². The molecule has 12 nitrogen and oxygen atoms in total. The molecular formula is C23H31N5O7PSi+. The van der Waals surface area contributed by atoms with Crippen molar-refractivity contribution in [2.24, 2.45) is 0 Å². The summed E-state index contributed by atoms with van der Waals surface area (Å²) in [6, 6.07) is 8.70. The van der Waals surface area contributed by atoms with Gasteiger partial charge in [-0.2, -0.15) is 0 Å². The third-order valence-corrected chi connectivity index (χ3v) is 11.7. The molecule has 0 radical (unpaired) electrons. The fraction of sp³-hybridized carbons (Fsp3) is 0.478. The first kappa shape index (κ1) is 27.4. The average molecular weight is 549 g/mol. The van der Waals surface area contributed by atoms with E-state index in [4.69, 9.17) is 13.7 Å². The number of nitrogens with zero attached hydrogens (tertiary/aromatic N) is 4. The van der Waals surface area contributed by atoms with Crippen LogP contribution in [0.4, 0.5) is 5.82 Å². The summed E-state index contributed by atoms with van der Waals surface area (Å²) >= 11 is 0. The van der Waals surface area contributed by atoms with Crippen molar-refractivity contribution in [2.75, 3.05) is 11.9 Å². The number of aliphatic hydroxyl groups excluding tert-OH is 1. The number of fused-ring (bicyclic) bond motifs is 1. The maximum Gasteiger partial charge on any atom is 0.695 e. The molecule has 14 heteroatoms. The van der Waals surface area contributed by atoms with E-state index in [1.165, 1.54) is 12.7 Å². The molecule has 0 spiro atoms. The molecule has 0 aliphatic carbocycles. The first-order valence-corrected chi connectivity index (χ1v) is 15.8. The average Bonchev–Trinajstić information content (AvgIpc) is 3.40. The highest BCUT2D eigenvalue weighted by Crippen LogP contribution is 2.44. The van der Waals surface area contributed by atoms with Gasteiger partial charge in [0.05, 0.1) is 12.9 Å². The van der Waals surface area contributed by atoms with Crippen LogP contribution in [0, 0.1) is 0 Å². The second-order valence-electron chi connectivity index (χ2n) is 10.3. The largest absolute Gasteiger partial charge is 0.695 e. The molecule has 1 saturated heterocycles. The number of benzene rings is 1. The van der Waals surface area contributed by atoms with Gasteiger partial charge in [0.1, 0.15) is 18.5 Å². The van der Waals surface area contributed by atoms with Gasteiger partial charge in [-0.3, -0.25) is 9.36 Å². The lowest BCUT2D eigenvalue weighted by molar-refractivity contribution is -0.0487. The minimum atomic E-state index is -2.99. The standard InChI is InChI=1S/C23H30N5O7PSi/c1-23(2,3)37(4,5)35-18-17(34-36(31)32)15(11-29)33-22(18)28-13-26-16-19(24-12-25-20(16)28)27-21(30)14-9-7-6-8-10-14/h6-10,12-13,15,17-18,22,29H,11H2,1-5H3,(H-,24,25,27,30,31,32)/p+1/t15-,17-,18?,22-/m1/s1. The van der Waals surface area contributed by atoms with Gasteiger partial charge in [-0.15, -0.1) is 9.42 Å². The Morgan fingerprint density at radius 1 is 1.19 bits per heavy atom. The lowest BCUT2D eigenvalue weighted by Gasteiger charge is -2.40. The second kappa shape index (κ2) is 10.6. The summed E-state index contributed by atoms with van der Waals surface area (Å²) in [6.07, 6.45) is -0.915. The molecule has 1 amide bonds. The minimum absolute atomic E-state index is 0.186. The number of amides is 1. The number of rotatable bonds is 8. The second-order valence-corrected chi connectivity index (χ2v) is 15.7. The summed E-state index contributed by atoms with van der Waals surface area (Å²) in [5, 5.41) is 12.6. The molecule has 0 saturated carbocycles. The normalized spacial score (nSPS) is 22.8. The first-order valence-electron chi connectivity index (χ1n) is 11.7. The Bertz CT molecular complexity index is 1280. The molecule has 1 aliphatic heterocycles. The van der Waals surface area contributed by atoms with Gasteiger partial charge in [0.2, 0.25) is 0 Å². The Labute approximate surface area is 216 Å². The summed E-state index contributed by atoms with van der Waals surface area (Å²) in [4.78, 5) is 35.2. The number of carbonyl (C=O) groups is 1. The molecule has 5 atom stereocenters. The van der Waals surface area contributed by atoms with Gasteiger partial charge >= 0.3 is 8.25 Å². The third kappa shape index (κ3) is 5.63. The van der Waals surface area contributed by atoms with Crippen LogP contribution in [0.25, 0.3) is 11.2 Å². The topological polar surface area (TPSA) is 158 Å². The van der Waals surface area contributed by atoms with Crippen molar-refractivity contribution in [1.82, 2.24) is 19.5 Å². The molecule has 3 heterocycles. The molecule has 3 aromatic rings. The molecule has 37 heavy (non-hydrogen) atoms. The number of hydrogen-bond donors (Lipinski definition) is 3. The minimum Gasteiger partial charge on any atom is -0.406 e. The van der Waals surface area contributed by atoms with E-state index in [-0.39, 0.29) is 16.8 Å². The van der Waals surface area contributed by atoms with Gasteiger partial charge in [-0.25, -0.2) is 15.0 Å². The van der Waals surface area contributed by atoms with Crippen molar-refractivity contribution in [3.63, 3.8) is 0 Å². The van der Waals surface area contributed by atoms with Gasteiger partial charge in [0.25, 0.3) is 5.91 Å². The van der Waals surface area contributed by atoms with E-state index in [0.717, 1.165) is 0 Å². The van der Waals surface area contributed by atoms with E-state index in [1.807, 2.05) is 19.2 Å². The molecule has 2 aromatic heterocycles. The maximum atomic E-state index is 12.7. The lowest BCUT2D eigenvalue weighted by atomic mass is 10.1. The number of ether oxygens (including phenoxy) is 1. The van der Waals surface area contributed by atoms with Crippen LogP contribution in [0.5, 0.6) is 0 Å². The van der Waals surface area contributed by atoms with E-state index in [1.54, 1.807) is 28.8 Å². The van der Waals surface area contributed by atoms with Crippen LogP contribution in [-0.2, 0) is 18.3 Å². The summed E-state index contributed by atoms with van der Waals surface area (Å²) in [7, 11) is -5.43. The summed E-state index contributed by atoms with van der Waals surface area (Å²) < 4.78 is 31.3. The van der Waals surface area contributed by atoms with Crippen molar-refractivity contribution >= 4 is 39.5 Å². The Balaban J connectivity index is 1.72. The zero-order valence-electron chi connectivity index (χ0n) is 21.2. The molecule has 1 fully saturated rings. The first-order chi connectivity index (χ1) is 17.4. The number of carbonyl (C=O) groups excluding carboxylic acids is 1. The monoisotopic (exact) mass is 548 g/mol. The van der Waals surface area contributed by atoms with Crippen molar-refractivity contribution in [3.05, 3.63) is 48.5 Å². The Morgan fingerprint density at radius 3 is 2.51 bits per heavy atom. The van der Waals surface area contributed by atoms with Gasteiger partial charge in [0, 0.05) is 10.1 Å². The fourth-order valence-electron chi connectivity index (χ4n) is 3.85. The molecule has 4 rings (SSSR count). The quantitative estimate of drug-likeness (QED) is 0.281. The molecule has 2 unspecified atom stereocenters. The smallest absolute Gasteiger partial charge is 0.406 e. The summed E-state index contributed by atoms with van der Waals surface area (Å²) in [5.74, 6) is -0.144. The molecule has 198 valence electrons. The fourth-order valence-corrected chi connectivity index (χ4v) is 5.60. The highest BCUT2D eigenvalue weighted by molar-refractivity contribution is 7.32. The molecule has 1 aromatic carbocycles. The number of hydrogen-bond acceptors (Lipinski definition) is 9. The molecular weight excluding hydrogens is 517 g/mol. The van der Waals surface area contributed by atoms with Crippen LogP contribution >= 0.6 is 8.25 Å². The van der Waals surface area contributed by atoms with Crippen LogP contribution in [0.1, 0.15) is 37.4 Å². The number of aromatic nitrogens is 4. The molecule has 0 bridgehead atoms. The SMILES string of the molecule is CC(C)(C)[Si](C)(C)OC1[C@H](n2cnc3c(NC(=O)c4ccccc4)ncnc32)O[C@H](CO)[C@H]1O[P+](=O)O. The van der Waals surface area contributed by atoms with Crippen molar-refractivity contribution < 1.29 is 33.0 Å². The lowest BCUT2D eigenvalue weighted by Crippen LogP contribution is -2.49. The molecule has 3 N–H and O–H groups in total. The summed E-state index contributed by atoms with van der Waals surface area (Å²) in [6.45, 7) is 9.82. The van der Waals surface area contributed by atoms with Crippen molar-refractivity contribution in [1.29, 1.82) is 0 Å². The van der Waals surface area contributed by atoms with Crippen molar-refractivity contribution in [2.45, 2.75) is 63.4 Å². The van der Waals surface area contributed by atoms with Gasteiger partial charge in [-0.05, 0) is 30.3 Å². The number of aliphatic hydroxyl groups is 1. The zero-order chi connectivity index (χ0) is 27.0. The molecule has 1 aliphatic rings. The Kier molecular flexibility index (Phi) is 7.86. The van der Waals surface area contributed by atoms with Crippen LogP contribution in [-0.4, -0.2) is 68.7 Å². The van der Waals surface area contributed by atoms with Crippen LogP contribution in [0.3, 0.4) is 0 Å². The number of nitrogens with one attached hydrogen (secondary N) is 1. The van der Waals surface area contributed by atoms with Crippen LogP contribution < -0.4 is 5.32 Å². The number of imidazole rings is 1. The highest BCUT2D eigenvalue weighted by Gasteiger charge is 2.54. The van der Waals surface area contributed by atoms with E-state index >= 15 is 0 Å². The van der Waals surface area contributed by atoms with E-state index < -0.39 is 47.7 Å². The van der Waals surface area contributed by atoms with E-state index in [9.17, 15) is 19.4 Å². The summed E-state index contributed by atoms with van der Waals surface area (Å²) in [5.41, 5.74) is 1.12. The predicted octanol–water partition coefficient (Wildman–Crippen LogP) is 3.39. The van der Waals surface area contributed by atoms with Crippen LogP contribution in [0.2, 0.25) is 18.1 Å². The predicted molar refractivity (Wildman–Crippen MR) is 137 cm³/mol. The Morgan fingerprint density at radius 2 is 1.89 bits per heavy atom. The third-order valence-electron chi connectivity index (χ3n) is 6.82. The zero-order valence-corrected chi connectivity index (χ0v) is 23.1. The Hall–Kier alpha value is -2.64. The highest BCUT2D eigenvalue weighted by atomic mass is 31.1. The van der Waals surface area contributed by atoms with E-state index in [0.29, 0.717) is 16.7 Å². The van der Waals surface area contributed by atoms with E-state index in [2.05, 4.69) is 41.0 Å². The number of anilines is 1. The van der Waals surface area contributed by atoms with Gasteiger partial charge in [0.15, 0.2) is 37.6 Å².